The van der Waals surface area contributed by atoms with E-state index in [1.165, 1.54) is 23.9 Å². The van der Waals surface area contributed by atoms with Crippen molar-refractivity contribution in [3.8, 4) is 0 Å². The minimum atomic E-state index is -0.274. The van der Waals surface area contributed by atoms with E-state index in [1.807, 2.05) is 42.5 Å². The summed E-state index contributed by atoms with van der Waals surface area (Å²) in [4.78, 5) is 13.0. The van der Waals surface area contributed by atoms with Crippen LogP contribution >= 0.6 is 11.8 Å². The molecule has 0 heterocycles. The Morgan fingerprint density at radius 3 is 2.50 bits per heavy atom. The Morgan fingerprint density at radius 1 is 0.955 bits per heavy atom. The van der Waals surface area contributed by atoms with Crippen LogP contribution < -0.4 is 5.32 Å². The predicted octanol–water partition coefficient (Wildman–Crippen LogP) is 4.71. The summed E-state index contributed by atoms with van der Waals surface area (Å²) in [6, 6.07) is 19.9. The van der Waals surface area contributed by atoms with Gasteiger partial charge in [-0.1, -0.05) is 36.4 Å². The second-order valence-corrected chi connectivity index (χ2v) is 5.87. The molecular formula is C18H14FNOS. The standard InChI is InChI=1S/C18H14FNOS/c19-14-8-10-15(11-9-14)22-12-18(21)20-17-7-3-5-13-4-1-2-6-16(13)17/h1-11H,12H2,(H,20,21). The topological polar surface area (TPSA) is 29.1 Å². The van der Waals surface area contributed by atoms with Crippen molar-refractivity contribution in [2.24, 2.45) is 0 Å². The molecule has 0 aliphatic carbocycles. The summed E-state index contributed by atoms with van der Waals surface area (Å²) >= 11 is 1.38. The van der Waals surface area contributed by atoms with E-state index in [0.717, 1.165) is 21.4 Å². The second kappa shape index (κ2) is 6.62. The molecule has 3 aromatic carbocycles. The van der Waals surface area contributed by atoms with Gasteiger partial charge in [-0.05, 0) is 35.7 Å². The highest BCUT2D eigenvalue weighted by Crippen LogP contribution is 2.24. The zero-order valence-electron chi connectivity index (χ0n) is 11.8. The van der Waals surface area contributed by atoms with Crippen molar-refractivity contribution < 1.29 is 9.18 Å². The third kappa shape index (κ3) is 3.46. The van der Waals surface area contributed by atoms with Gasteiger partial charge in [0.05, 0.1) is 5.75 Å². The van der Waals surface area contributed by atoms with Gasteiger partial charge in [0, 0.05) is 16.0 Å². The first-order chi connectivity index (χ1) is 10.7. The van der Waals surface area contributed by atoms with Crippen LogP contribution in [0.4, 0.5) is 10.1 Å². The first-order valence-corrected chi connectivity index (χ1v) is 7.87. The maximum absolute atomic E-state index is 12.8. The number of rotatable bonds is 4. The third-order valence-electron chi connectivity index (χ3n) is 3.25. The molecule has 22 heavy (non-hydrogen) atoms. The van der Waals surface area contributed by atoms with Gasteiger partial charge in [0.25, 0.3) is 0 Å². The molecule has 0 atom stereocenters. The molecule has 0 saturated carbocycles. The maximum atomic E-state index is 12.8. The van der Waals surface area contributed by atoms with E-state index in [2.05, 4.69) is 5.32 Å². The summed E-state index contributed by atoms with van der Waals surface area (Å²) in [5, 5.41) is 5.04. The predicted molar refractivity (Wildman–Crippen MR) is 89.7 cm³/mol. The van der Waals surface area contributed by atoms with Gasteiger partial charge in [-0.2, -0.15) is 0 Å². The van der Waals surface area contributed by atoms with Crippen molar-refractivity contribution in [1.82, 2.24) is 0 Å². The van der Waals surface area contributed by atoms with Crippen LogP contribution in [0.25, 0.3) is 10.8 Å². The lowest BCUT2D eigenvalue weighted by atomic mass is 10.1. The van der Waals surface area contributed by atoms with Crippen LogP contribution in [-0.4, -0.2) is 11.7 Å². The van der Waals surface area contributed by atoms with Crippen LogP contribution in [0.5, 0.6) is 0 Å². The molecule has 0 aliphatic heterocycles. The lowest BCUT2D eigenvalue weighted by molar-refractivity contribution is -0.113. The van der Waals surface area contributed by atoms with Gasteiger partial charge in [0.15, 0.2) is 0 Å². The SMILES string of the molecule is O=C(CSc1ccc(F)cc1)Nc1cccc2ccccc12. The minimum absolute atomic E-state index is 0.0781. The first-order valence-electron chi connectivity index (χ1n) is 6.88. The Bertz CT molecular complexity index is 796. The summed E-state index contributed by atoms with van der Waals surface area (Å²) in [5.74, 6) is -0.0651. The molecule has 0 aromatic heterocycles. The normalized spacial score (nSPS) is 10.6. The number of thioether (sulfide) groups is 1. The zero-order valence-corrected chi connectivity index (χ0v) is 12.6. The van der Waals surface area contributed by atoms with Gasteiger partial charge in [-0.25, -0.2) is 4.39 Å². The van der Waals surface area contributed by atoms with Crippen molar-refractivity contribution in [2.75, 3.05) is 11.1 Å². The second-order valence-electron chi connectivity index (χ2n) is 4.82. The first kappa shape index (κ1) is 14.6. The number of anilines is 1. The quantitative estimate of drug-likeness (QED) is 0.707. The van der Waals surface area contributed by atoms with Crippen LogP contribution in [0.1, 0.15) is 0 Å². The number of fused-ring (bicyclic) bond motifs is 1. The lowest BCUT2D eigenvalue weighted by Gasteiger charge is -2.08. The third-order valence-corrected chi connectivity index (χ3v) is 4.26. The molecule has 2 nitrogen and oxygen atoms in total. The van der Waals surface area contributed by atoms with E-state index in [1.54, 1.807) is 12.1 Å². The zero-order chi connectivity index (χ0) is 15.4. The van der Waals surface area contributed by atoms with Crippen molar-refractivity contribution >= 4 is 34.1 Å². The molecule has 0 unspecified atom stereocenters. The number of carbonyl (C=O) groups excluding carboxylic acids is 1. The molecule has 3 rings (SSSR count). The van der Waals surface area contributed by atoms with Crippen molar-refractivity contribution in [3.05, 3.63) is 72.5 Å². The molecular weight excluding hydrogens is 297 g/mol. The molecule has 0 spiro atoms. The van der Waals surface area contributed by atoms with Gasteiger partial charge in [-0.15, -0.1) is 11.8 Å². The van der Waals surface area contributed by atoms with E-state index in [4.69, 9.17) is 0 Å². The van der Waals surface area contributed by atoms with E-state index in [9.17, 15) is 9.18 Å². The Morgan fingerprint density at radius 2 is 1.68 bits per heavy atom. The largest absolute Gasteiger partial charge is 0.325 e. The van der Waals surface area contributed by atoms with Gasteiger partial charge >= 0.3 is 0 Å². The highest BCUT2D eigenvalue weighted by molar-refractivity contribution is 8.00. The summed E-state index contributed by atoms with van der Waals surface area (Å²) in [7, 11) is 0. The van der Waals surface area contributed by atoms with E-state index in [0.29, 0.717) is 0 Å². The number of carbonyl (C=O) groups is 1. The summed E-state index contributed by atoms with van der Waals surface area (Å²) in [5.41, 5.74) is 0.808. The minimum Gasteiger partial charge on any atom is -0.325 e. The van der Waals surface area contributed by atoms with Crippen LogP contribution in [0.2, 0.25) is 0 Å². The molecule has 0 fully saturated rings. The summed E-state index contributed by atoms with van der Waals surface area (Å²) < 4.78 is 12.8. The maximum Gasteiger partial charge on any atom is 0.234 e. The number of amides is 1. The number of nitrogens with one attached hydrogen (secondary N) is 1. The fraction of sp³-hybridized carbons (Fsp3) is 0.0556. The number of halogens is 1. The molecule has 0 aliphatic rings. The van der Waals surface area contributed by atoms with Crippen LogP contribution in [0, 0.1) is 5.82 Å². The average Bonchev–Trinajstić information content (AvgIpc) is 2.55. The van der Waals surface area contributed by atoms with Crippen molar-refractivity contribution in [2.45, 2.75) is 4.90 Å². The Balaban J connectivity index is 1.67. The Kier molecular flexibility index (Phi) is 4.39. The van der Waals surface area contributed by atoms with Gasteiger partial charge in [0.1, 0.15) is 5.82 Å². The van der Waals surface area contributed by atoms with Gasteiger partial charge in [-0.3, -0.25) is 4.79 Å². The molecule has 3 aromatic rings. The van der Waals surface area contributed by atoms with Crippen LogP contribution in [0.15, 0.2) is 71.6 Å². The van der Waals surface area contributed by atoms with Gasteiger partial charge < -0.3 is 5.32 Å². The molecule has 4 heteroatoms. The average molecular weight is 311 g/mol. The molecule has 110 valence electrons. The fourth-order valence-corrected chi connectivity index (χ4v) is 2.90. The van der Waals surface area contributed by atoms with Gasteiger partial charge in [0.2, 0.25) is 5.91 Å². The monoisotopic (exact) mass is 311 g/mol. The Labute approximate surface area is 132 Å². The molecule has 0 radical (unpaired) electrons. The highest BCUT2D eigenvalue weighted by Gasteiger charge is 2.06. The fourth-order valence-electron chi connectivity index (χ4n) is 2.20. The number of hydrogen-bond donors (Lipinski definition) is 1. The van der Waals surface area contributed by atoms with Crippen molar-refractivity contribution in [1.29, 1.82) is 0 Å². The number of benzene rings is 3. The lowest BCUT2D eigenvalue weighted by Crippen LogP contribution is -2.14. The molecule has 0 bridgehead atoms. The van der Waals surface area contributed by atoms with E-state index >= 15 is 0 Å². The van der Waals surface area contributed by atoms with Crippen LogP contribution in [-0.2, 0) is 4.79 Å². The molecule has 1 N–H and O–H groups in total. The molecule has 0 saturated heterocycles. The molecule has 1 amide bonds. The van der Waals surface area contributed by atoms with E-state index in [-0.39, 0.29) is 17.5 Å². The summed E-state index contributed by atoms with van der Waals surface area (Å²) in [6.07, 6.45) is 0. The van der Waals surface area contributed by atoms with Crippen LogP contribution in [0.3, 0.4) is 0 Å². The summed E-state index contributed by atoms with van der Waals surface area (Å²) in [6.45, 7) is 0. The Hall–Kier alpha value is -2.33. The van der Waals surface area contributed by atoms with Crippen molar-refractivity contribution in [3.63, 3.8) is 0 Å². The smallest absolute Gasteiger partial charge is 0.234 e. The van der Waals surface area contributed by atoms with E-state index < -0.39 is 0 Å². The highest BCUT2D eigenvalue weighted by atomic mass is 32.2. The number of hydrogen-bond acceptors (Lipinski definition) is 2.